The molecule has 0 amide bonds. The minimum atomic E-state index is 0.300. The van der Waals surface area contributed by atoms with Gasteiger partial charge in [0.1, 0.15) is 5.65 Å². The lowest BCUT2D eigenvalue weighted by Gasteiger charge is -2.18. The van der Waals surface area contributed by atoms with E-state index >= 15 is 0 Å². The Morgan fingerprint density at radius 3 is 3.19 bits per heavy atom. The molecule has 3 nitrogen and oxygen atoms in total. The van der Waals surface area contributed by atoms with Crippen LogP contribution >= 0.6 is 0 Å². The zero-order chi connectivity index (χ0) is 11.0. The van der Waals surface area contributed by atoms with Gasteiger partial charge in [-0.25, -0.2) is 4.98 Å². The molecule has 2 aromatic rings. The van der Waals surface area contributed by atoms with Crippen molar-refractivity contribution in [2.45, 2.75) is 25.3 Å². The van der Waals surface area contributed by atoms with Gasteiger partial charge in [0.15, 0.2) is 0 Å². The summed E-state index contributed by atoms with van der Waals surface area (Å²) >= 11 is 0. The molecule has 2 aromatic heterocycles. The molecule has 16 heavy (non-hydrogen) atoms. The second-order valence-corrected chi connectivity index (χ2v) is 4.34. The highest BCUT2D eigenvalue weighted by Crippen LogP contribution is 2.26. The van der Waals surface area contributed by atoms with E-state index in [9.17, 15) is 0 Å². The van der Waals surface area contributed by atoms with Crippen LogP contribution in [0.5, 0.6) is 0 Å². The van der Waals surface area contributed by atoms with Gasteiger partial charge in [0.25, 0.3) is 0 Å². The molecular weight excluding hydrogens is 198 g/mol. The predicted octanol–water partition coefficient (Wildman–Crippen LogP) is 2.23. The van der Waals surface area contributed by atoms with Gasteiger partial charge in [-0.3, -0.25) is 0 Å². The number of pyridine rings is 1. The minimum absolute atomic E-state index is 0.300. The van der Waals surface area contributed by atoms with Crippen LogP contribution in [0.1, 0.15) is 25.0 Å². The largest absolute Gasteiger partial charge is 0.327 e. The second kappa shape index (κ2) is 3.76. The fourth-order valence-corrected chi connectivity index (χ4v) is 2.32. The quantitative estimate of drug-likeness (QED) is 0.789. The summed E-state index contributed by atoms with van der Waals surface area (Å²) in [6.45, 7) is 0. The lowest BCUT2D eigenvalue weighted by molar-refractivity contribution is 0.615. The SMILES string of the molecule is NC1CCC=C(c2cnc3ccccn23)C1. The third-order valence-electron chi connectivity index (χ3n) is 3.16. The van der Waals surface area contributed by atoms with Crippen molar-refractivity contribution in [2.24, 2.45) is 5.73 Å². The number of rotatable bonds is 1. The summed E-state index contributed by atoms with van der Waals surface area (Å²) in [5, 5.41) is 0. The van der Waals surface area contributed by atoms with Crippen LogP contribution in [-0.2, 0) is 0 Å². The van der Waals surface area contributed by atoms with Gasteiger partial charge < -0.3 is 10.1 Å². The van der Waals surface area contributed by atoms with Crippen molar-refractivity contribution < 1.29 is 0 Å². The van der Waals surface area contributed by atoms with Gasteiger partial charge in [0, 0.05) is 12.2 Å². The molecule has 0 bridgehead atoms. The Hall–Kier alpha value is -1.61. The van der Waals surface area contributed by atoms with Gasteiger partial charge in [0.05, 0.1) is 11.9 Å². The molecule has 3 rings (SSSR count). The molecule has 0 aromatic carbocycles. The van der Waals surface area contributed by atoms with Crippen molar-refractivity contribution >= 4 is 11.2 Å². The predicted molar refractivity (Wildman–Crippen MR) is 65.0 cm³/mol. The Bertz CT molecular complexity index is 539. The number of nitrogens with two attached hydrogens (primary N) is 1. The summed E-state index contributed by atoms with van der Waals surface area (Å²) in [6, 6.07) is 6.36. The molecule has 3 heteroatoms. The molecule has 1 atom stereocenters. The van der Waals surface area contributed by atoms with E-state index in [0.29, 0.717) is 6.04 Å². The van der Waals surface area contributed by atoms with E-state index in [1.54, 1.807) is 0 Å². The van der Waals surface area contributed by atoms with E-state index < -0.39 is 0 Å². The Morgan fingerprint density at radius 2 is 2.31 bits per heavy atom. The summed E-state index contributed by atoms with van der Waals surface area (Å²) in [4.78, 5) is 4.40. The molecular formula is C13H15N3. The number of allylic oxidation sites excluding steroid dienone is 1. The van der Waals surface area contributed by atoms with Gasteiger partial charge in [-0.05, 0) is 37.0 Å². The number of hydrogen-bond acceptors (Lipinski definition) is 2. The summed E-state index contributed by atoms with van der Waals surface area (Å²) in [5.41, 5.74) is 9.52. The zero-order valence-corrected chi connectivity index (χ0v) is 9.13. The van der Waals surface area contributed by atoms with E-state index in [-0.39, 0.29) is 0 Å². The van der Waals surface area contributed by atoms with E-state index in [1.807, 2.05) is 24.4 Å². The topological polar surface area (TPSA) is 43.3 Å². The van der Waals surface area contributed by atoms with Crippen molar-refractivity contribution in [2.75, 3.05) is 0 Å². The average Bonchev–Trinajstić information content (AvgIpc) is 2.72. The molecule has 0 saturated heterocycles. The van der Waals surface area contributed by atoms with Gasteiger partial charge in [-0.15, -0.1) is 0 Å². The van der Waals surface area contributed by atoms with Crippen LogP contribution in [0.4, 0.5) is 0 Å². The minimum Gasteiger partial charge on any atom is -0.327 e. The molecule has 0 aliphatic heterocycles. The van der Waals surface area contributed by atoms with Crippen molar-refractivity contribution in [1.82, 2.24) is 9.38 Å². The van der Waals surface area contributed by atoms with Crippen LogP contribution in [-0.4, -0.2) is 15.4 Å². The molecule has 0 spiro atoms. The molecule has 1 unspecified atom stereocenters. The molecule has 82 valence electrons. The van der Waals surface area contributed by atoms with E-state index in [2.05, 4.69) is 21.7 Å². The maximum atomic E-state index is 6.00. The first kappa shape index (κ1) is 9.60. The Balaban J connectivity index is 2.09. The number of fused-ring (bicyclic) bond motifs is 1. The van der Waals surface area contributed by atoms with Crippen LogP contribution in [0.25, 0.3) is 11.2 Å². The third kappa shape index (κ3) is 1.53. The van der Waals surface area contributed by atoms with Crippen LogP contribution in [0.3, 0.4) is 0 Å². The van der Waals surface area contributed by atoms with Crippen molar-refractivity contribution in [1.29, 1.82) is 0 Å². The molecule has 2 heterocycles. The maximum Gasteiger partial charge on any atom is 0.137 e. The Kier molecular flexibility index (Phi) is 2.26. The number of nitrogens with zero attached hydrogens (tertiary/aromatic N) is 2. The molecule has 0 radical (unpaired) electrons. The van der Waals surface area contributed by atoms with Crippen LogP contribution < -0.4 is 5.73 Å². The average molecular weight is 213 g/mol. The normalized spacial score (nSPS) is 21.1. The highest BCUT2D eigenvalue weighted by Gasteiger charge is 2.15. The van der Waals surface area contributed by atoms with Crippen LogP contribution in [0.15, 0.2) is 36.7 Å². The first-order chi connectivity index (χ1) is 7.84. The molecule has 1 aliphatic rings. The Labute approximate surface area is 94.6 Å². The Morgan fingerprint density at radius 1 is 1.38 bits per heavy atom. The van der Waals surface area contributed by atoms with Gasteiger partial charge in [-0.1, -0.05) is 12.1 Å². The summed E-state index contributed by atoms with van der Waals surface area (Å²) in [7, 11) is 0. The maximum absolute atomic E-state index is 6.00. The van der Waals surface area contributed by atoms with Gasteiger partial charge in [-0.2, -0.15) is 0 Å². The highest BCUT2D eigenvalue weighted by molar-refractivity contribution is 5.66. The number of imidazole rings is 1. The van der Waals surface area contributed by atoms with Gasteiger partial charge >= 0.3 is 0 Å². The highest BCUT2D eigenvalue weighted by atomic mass is 15.0. The lowest BCUT2D eigenvalue weighted by Crippen LogP contribution is -2.22. The van der Waals surface area contributed by atoms with E-state index in [1.165, 1.54) is 11.3 Å². The molecule has 0 fully saturated rings. The van der Waals surface area contributed by atoms with Crippen molar-refractivity contribution in [3.8, 4) is 0 Å². The lowest BCUT2D eigenvalue weighted by atomic mass is 9.94. The fourth-order valence-electron chi connectivity index (χ4n) is 2.32. The van der Waals surface area contributed by atoms with E-state index in [4.69, 9.17) is 5.73 Å². The van der Waals surface area contributed by atoms with E-state index in [0.717, 1.165) is 24.9 Å². The van der Waals surface area contributed by atoms with Crippen LogP contribution in [0, 0.1) is 0 Å². The summed E-state index contributed by atoms with van der Waals surface area (Å²) in [6.07, 6.45) is 9.43. The molecule has 1 aliphatic carbocycles. The molecule has 2 N–H and O–H groups in total. The number of hydrogen-bond donors (Lipinski definition) is 1. The fraction of sp³-hybridized carbons (Fsp3) is 0.308. The number of aromatic nitrogens is 2. The third-order valence-corrected chi connectivity index (χ3v) is 3.16. The second-order valence-electron chi connectivity index (χ2n) is 4.34. The van der Waals surface area contributed by atoms with Crippen molar-refractivity contribution in [3.63, 3.8) is 0 Å². The first-order valence-electron chi connectivity index (χ1n) is 5.71. The van der Waals surface area contributed by atoms with Crippen molar-refractivity contribution in [3.05, 3.63) is 42.4 Å². The van der Waals surface area contributed by atoms with Crippen LogP contribution in [0.2, 0.25) is 0 Å². The summed E-state index contributed by atoms with van der Waals surface area (Å²) < 4.78 is 2.13. The first-order valence-corrected chi connectivity index (χ1v) is 5.71. The zero-order valence-electron chi connectivity index (χ0n) is 9.13. The molecule has 0 saturated carbocycles. The monoisotopic (exact) mass is 213 g/mol. The summed E-state index contributed by atoms with van der Waals surface area (Å²) in [5.74, 6) is 0. The van der Waals surface area contributed by atoms with Gasteiger partial charge in [0.2, 0.25) is 0 Å². The smallest absolute Gasteiger partial charge is 0.137 e. The standard InChI is InChI=1S/C13H15N3/c14-11-5-3-4-10(8-11)12-9-15-13-6-1-2-7-16(12)13/h1-2,4,6-7,9,11H,3,5,8,14H2.